The molecule has 100 valence electrons. The van der Waals surface area contributed by atoms with E-state index in [1.165, 1.54) is 0 Å². The Balaban J connectivity index is 2.29. The van der Waals surface area contributed by atoms with Gasteiger partial charge in [0.2, 0.25) is 0 Å². The largest absolute Gasteiger partial charge is 0.298 e. The molecule has 1 aromatic rings. The number of halogens is 2. The van der Waals surface area contributed by atoms with E-state index < -0.39 is 17.6 Å². The molecule has 3 atom stereocenters. The highest BCUT2D eigenvalue weighted by atomic mass is 19.1. The van der Waals surface area contributed by atoms with E-state index in [4.69, 9.17) is 5.26 Å². The van der Waals surface area contributed by atoms with Crippen molar-refractivity contribution < 1.29 is 13.6 Å². The molecule has 2 nitrogen and oxygen atoms in total. The van der Waals surface area contributed by atoms with Crippen molar-refractivity contribution >= 4 is 5.78 Å². The first-order chi connectivity index (χ1) is 9.02. The van der Waals surface area contributed by atoms with E-state index in [0.717, 1.165) is 37.5 Å². The van der Waals surface area contributed by atoms with Gasteiger partial charge in [-0.3, -0.25) is 4.79 Å². The highest BCUT2D eigenvalue weighted by Crippen LogP contribution is 2.35. The molecule has 0 amide bonds. The van der Waals surface area contributed by atoms with Crippen LogP contribution >= 0.6 is 0 Å². The molecular weight excluding hydrogens is 248 g/mol. The topological polar surface area (TPSA) is 40.9 Å². The van der Waals surface area contributed by atoms with Crippen LogP contribution in [0.2, 0.25) is 0 Å². The standard InChI is InChI=1S/C15H15F2NO/c1-9-3-2-4-13(9)15(19)14(8-18)10-5-11(16)7-12(17)6-10/h5-7,9,13-14H,2-4H2,1H3. The van der Waals surface area contributed by atoms with Gasteiger partial charge in [0.15, 0.2) is 5.78 Å². The number of hydrogen-bond donors (Lipinski definition) is 0. The van der Waals surface area contributed by atoms with Crippen molar-refractivity contribution in [2.75, 3.05) is 0 Å². The zero-order valence-electron chi connectivity index (χ0n) is 10.7. The van der Waals surface area contributed by atoms with Crippen LogP contribution in [-0.4, -0.2) is 5.78 Å². The monoisotopic (exact) mass is 263 g/mol. The van der Waals surface area contributed by atoms with Crippen LogP contribution in [0.15, 0.2) is 18.2 Å². The molecule has 0 saturated heterocycles. The van der Waals surface area contributed by atoms with Crippen LogP contribution < -0.4 is 0 Å². The minimum absolute atomic E-state index is 0.115. The van der Waals surface area contributed by atoms with E-state index in [2.05, 4.69) is 0 Å². The predicted octanol–water partition coefficient (Wildman–Crippen LogP) is 3.58. The van der Waals surface area contributed by atoms with Crippen molar-refractivity contribution in [1.29, 1.82) is 5.26 Å². The Labute approximate surface area is 111 Å². The SMILES string of the molecule is CC1CCCC1C(=O)C(C#N)c1cc(F)cc(F)c1. The molecule has 0 radical (unpaired) electrons. The number of Topliss-reactive ketones (excluding diaryl/α,β-unsaturated/α-hetero) is 1. The van der Waals surface area contributed by atoms with Crippen LogP contribution in [0.3, 0.4) is 0 Å². The summed E-state index contributed by atoms with van der Waals surface area (Å²) in [5.41, 5.74) is 0.115. The molecule has 0 aliphatic heterocycles. The van der Waals surface area contributed by atoms with Crippen LogP contribution in [0.4, 0.5) is 8.78 Å². The zero-order chi connectivity index (χ0) is 14.0. The van der Waals surface area contributed by atoms with Gasteiger partial charge in [-0.05, 0) is 36.5 Å². The first-order valence-corrected chi connectivity index (χ1v) is 6.42. The first-order valence-electron chi connectivity index (χ1n) is 6.42. The normalized spacial score (nSPS) is 23.9. The van der Waals surface area contributed by atoms with E-state index in [9.17, 15) is 13.6 Å². The van der Waals surface area contributed by atoms with Gasteiger partial charge < -0.3 is 0 Å². The summed E-state index contributed by atoms with van der Waals surface area (Å²) in [7, 11) is 0. The van der Waals surface area contributed by atoms with Gasteiger partial charge in [-0.25, -0.2) is 8.78 Å². The molecule has 3 unspecified atom stereocenters. The summed E-state index contributed by atoms with van der Waals surface area (Å²) in [6.07, 6.45) is 2.69. The number of rotatable bonds is 3. The Kier molecular flexibility index (Phi) is 3.94. The van der Waals surface area contributed by atoms with Crippen molar-refractivity contribution in [3.8, 4) is 6.07 Å². The van der Waals surface area contributed by atoms with Gasteiger partial charge in [-0.2, -0.15) is 5.26 Å². The number of ketones is 1. The van der Waals surface area contributed by atoms with Crippen molar-refractivity contribution in [3.05, 3.63) is 35.4 Å². The van der Waals surface area contributed by atoms with Gasteiger partial charge in [0.1, 0.15) is 17.6 Å². The van der Waals surface area contributed by atoms with Crippen molar-refractivity contribution in [3.63, 3.8) is 0 Å². The fourth-order valence-corrected chi connectivity index (χ4v) is 2.83. The quantitative estimate of drug-likeness (QED) is 0.836. The number of carbonyl (C=O) groups is 1. The molecule has 1 fully saturated rings. The zero-order valence-corrected chi connectivity index (χ0v) is 10.7. The highest BCUT2D eigenvalue weighted by Gasteiger charge is 2.35. The second-order valence-electron chi connectivity index (χ2n) is 5.18. The van der Waals surface area contributed by atoms with Gasteiger partial charge in [0.05, 0.1) is 6.07 Å². The number of nitriles is 1. The van der Waals surface area contributed by atoms with Gasteiger partial charge >= 0.3 is 0 Å². The van der Waals surface area contributed by atoms with E-state index in [-0.39, 0.29) is 23.2 Å². The second-order valence-corrected chi connectivity index (χ2v) is 5.18. The minimum atomic E-state index is -1.07. The first kappa shape index (κ1) is 13.7. The summed E-state index contributed by atoms with van der Waals surface area (Å²) < 4.78 is 26.4. The Morgan fingerprint density at radius 1 is 1.32 bits per heavy atom. The fraction of sp³-hybridized carbons (Fsp3) is 0.467. The average Bonchev–Trinajstić information content (AvgIpc) is 2.75. The molecule has 2 rings (SSSR count). The molecule has 4 heteroatoms. The smallest absolute Gasteiger partial charge is 0.157 e. The molecule has 1 saturated carbocycles. The number of nitrogens with zero attached hydrogens (tertiary/aromatic N) is 1. The lowest BCUT2D eigenvalue weighted by atomic mass is 9.83. The van der Waals surface area contributed by atoms with Crippen LogP contribution in [0.25, 0.3) is 0 Å². The van der Waals surface area contributed by atoms with Crippen molar-refractivity contribution in [2.24, 2.45) is 11.8 Å². The van der Waals surface area contributed by atoms with E-state index >= 15 is 0 Å². The number of carbonyl (C=O) groups excluding carboxylic acids is 1. The average molecular weight is 263 g/mol. The molecule has 0 aromatic heterocycles. The summed E-state index contributed by atoms with van der Waals surface area (Å²) in [6, 6.07) is 4.75. The molecule has 0 heterocycles. The second kappa shape index (κ2) is 5.48. The van der Waals surface area contributed by atoms with Gasteiger partial charge in [-0.15, -0.1) is 0 Å². The molecule has 1 aliphatic carbocycles. The molecule has 19 heavy (non-hydrogen) atoms. The third kappa shape index (κ3) is 2.81. The van der Waals surface area contributed by atoms with Gasteiger partial charge in [-0.1, -0.05) is 13.3 Å². The van der Waals surface area contributed by atoms with E-state index in [1.54, 1.807) is 0 Å². The third-order valence-electron chi connectivity index (χ3n) is 3.86. The lowest BCUT2D eigenvalue weighted by Gasteiger charge is -2.17. The van der Waals surface area contributed by atoms with Crippen LogP contribution in [0.1, 0.15) is 37.7 Å². The van der Waals surface area contributed by atoms with Crippen molar-refractivity contribution in [2.45, 2.75) is 32.1 Å². The Morgan fingerprint density at radius 3 is 2.42 bits per heavy atom. The molecule has 1 aromatic carbocycles. The maximum Gasteiger partial charge on any atom is 0.157 e. The maximum absolute atomic E-state index is 13.2. The maximum atomic E-state index is 13.2. The van der Waals surface area contributed by atoms with Crippen molar-refractivity contribution in [1.82, 2.24) is 0 Å². The summed E-state index contributed by atoms with van der Waals surface area (Å²) in [5, 5.41) is 9.16. The van der Waals surface area contributed by atoms with Gasteiger partial charge in [0.25, 0.3) is 0 Å². The van der Waals surface area contributed by atoms with Crippen LogP contribution in [0.5, 0.6) is 0 Å². The molecule has 0 N–H and O–H groups in total. The van der Waals surface area contributed by atoms with Gasteiger partial charge in [0, 0.05) is 12.0 Å². The molecule has 1 aliphatic rings. The lowest BCUT2D eigenvalue weighted by Crippen LogP contribution is -2.23. The molecule has 0 bridgehead atoms. The summed E-state index contributed by atoms with van der Waals surface area (Å²) in [5.74, 6) is -2.74. The Hall–Kier alpha value is -1.76. The third-order valence-corrected chi connectivity index (χ3v) is 3.86. The highest BCUT2D eigenvalue weighted by molar-refractivity contribution is 5.90. The lowest BCUT2D eigenvalue weighted by molar-refractivity contribution is -0.124. The fourth-order valence-electron chi connectivity index (χ4n) is 2.83. The van der Waals surface area contributed by atoms with Crippen LogP contribution in [0, 0.1) is 34.8 Å². The Morgan fingerprint density at radius 2 is 1.95 bits per heavy atom. The molecular formula is C15H15F2NO. The van der Waals surface area contributed by atoms with E-state index in [1.807, 2.05) is 13.0 Å². The molecule has 0 spiro atoms. The summed E-state index contributed by atoms with van der Waals surface area (Å²) in [6.45, 7) is 1.98. The number of hydrogen-bond acceptors (Lipinski definition) is 2. The Bertz CT molecular complexity index is 515. The number of benzene rings is 1. The summed E-state index contributed by atoms with van der Waals surface area (Å²) >= 11 is 0. The minimum Gasteiger partial charge on any atom is -0.298 e. The predicted molar refractivity (Wildman–Crippen MR) is 66.2 cm³/mol. The summed E-state index contributed by atoms with van der Waals surface area (Å²) in [4.78, 5) is 12.3. The van der Waals surface area contributed by atoms with Crippen LogP contribution in [-0.2, 0) is 4.79 Å². The van der Waals surface area contributed by atoms with E-state index in [0.29, 0.717) is 0 Å².